The van der Waals surface area contributed by atoms with Crippen LogP contribution in [0.4, 0.5) is 0 Å². The van der Waals surface area contributed by atoms with E-state index < -0.39 is 5.97 Å². The van der Waals surface area contributed by atoms with Crippen molar-refractivity contribution < 1.29 is 23.8 Å². The van der Waals surface area contributed by atoms with Crippen molar-refractivity contribution in [2.75, 3.05) is 13.4 Å². The standard InChI is InChI=1S/C25H23N3O5/c1-16-9-20(17(2)28(16)11-18-7-8-23-24(10-18)33-15-32-23)22(29)14-31-25(30)13-27-12-19-5-3-4-6-21(19)26-27/h3-10,12H,11,13-15H2,1-2H3. The van der Waals surface area contributed by atoms with Crippen molar-refractivity contribution in [3.8, 4) is 11.5 Å². The van der Waals surface area contributed by atoms with E-state index in [1.807, 2.05) is 62.4 Å². The lowest BCUT2D eigenvalue weighted by molar-refractivity contribution is -0.143. The molecular formula is C25H23N3O5. The lowest BCUT2D eigenvalue weighted by Crippen LogP contribution is -2.19. The van der Waals surface area contributed by atoms with E-state index in [1.54, 1.807) is 6.20 Å². The van der Waals surface area contributed by atoms with Gasteiger partial charge in [0.05, 0.1) is 5.52 Å². The van der Waals surface area contributed by atoms with Crippen LogP contribution in [0, 0.1) is 13.8 Å². The fourth-order valence-corrected chi connectivity index (χ4v) is 4.05. The minimum Gasteiger partial charge on any atom is -0.456 e. The third-order valence-corrected chi connectivity index (χ3v) is 5.77. The molecule has 0 aliphatic carbocycles. The van der Waals surface area contributed by atoms with Gasteiger partial charge in [-0.3, -0.25) is 14.3 Å². The van der Waals surface area contributed by atoms with E-state index in [9.17, 15) is 9.59 Å². The molecule has 5 rings (SSSR count). The van der Waals surface area contributed by atoms with Crippen LogP contribution in [0.25, 0.3) is 10.9 Å². The zero-order chi connectivity index (χ0) is 22.9. The van der Waals surface area contributed by atoms with Gasteiger partial charge in [-0.1, -0.05) is 24.3 Å². The first-order chi connectivity index (χ1) is 16.0. The molecule has 0 atom stereocenters. The molecule has 0 saturated carbocycles. The summed E-state index contributed by atoms with van der Waals surface area (Å²) in [6, 6.07) is 15.2. The van der Waals surface area contributed by atoms with E-state index >= 15 is 0 Å². The number of hydrogen-bond donors (Lipinski definition) is 0. The van der Waals surface area contributed by atoms with Crippen LogP contribution in [0.3, 0.4) is 0 Å². The molecule has 0 fully saturated rings. The molecule has 2 aromatic heterocycles. The van der Waals surface area contributed by atoms with Gasteiger partial charge in [-0.25, -0.2) is 0 Å². The van der Waals surface area contributed by atoms with E-state index in [0.29, 0.717) is 12.1 Å². The predicted molar refractivity (Wildman–Crippen MR) is 121 cm³/mol. The molecule has 0 amide bonds. The van der Waals surface area contributed by atoms with Crippen LogP contribution in [0.2, 0.25) is 0 Å². The number of hydrogen-bond acceptors (Lipinski definition) is 6. The average Bonchev–Trinajstić information content (AvgIpc) is 3.50. The first kappa shape index (κ1) is 20.8. The van der Waals surface area contributed by atoms with Crippen molar-refractivity contribution in [2.24, 2.45) is 0 Å². The van der Waals surface area contributed by atoms with Gasteiger partial charge in [0.2, 0.25) is 12.6 Å². The lowest BCUT2D eigenvalue weighted by Gasteiger charge is -2.11. The van der Waals surface area contributed by atoms with Gasteiger partial charge < -0.3 is 18.8 Å². The molecule has 0 bridgehead atoms. The summed E-state index contributed by atoms with van der Waals surface area (Å²) in [5.41, 5.74) is 4.16. The van der Waals surface area contributed by atoms with Crippen molar-refractivity contribution in [3.63, 3.8) is 0 Å². The highest BCUT2D eigenvalue weighted by Crippen LogP contribution is 2.33. The summed E-state index contributed by atoms with van der Waals surface area (Å²) in [6.45, 7) is 4.30. The molecule has 1 aliphatic rings. The van der Waals surface area contributed by atoms with Crippen molar-refractivity contribution in [1.82, 2.24) is 14.3 Å². The van der Waals surface area contributed by atoms with Crippen molar-refractivity contribution in [3.05, 3.63) is 77.2 Å². The number of Topliss-reactive ketones (excluding diaryl/α,β-unsaturated/α-hetero) is 1. The Labute approximate surface area is 190 Å². The lowest BCUT2D eigenvalue weighted by atomic mass is 10.1. The molecule has 1 aliphatic heterocycles. The minimum absolute atomic E-state index is 0.0505. The Morgan fingerprint density at radius 1 is 1.06 bits per heavy atom. The Kier molecular flexibility index (Phi) is 5.34. The van der Waals surface area contributed by atoms with Gasteiger partial charge in [0.25, 0.3) is 0 Å². The molecule has 3 heterocycles. The van der Waals surface area contributed by atoms with Gasteiger partial charge in [-0.05, 0) is 43.7 Å². The highest BCUT2D eigenvalue weighted by atomic mass is 16.7. The van der Waals surface area contributed by atoms with Gasteiger partial charge in [0, 0.05) is 35.1 Å². The average molecular weight is 445 g/mol. The molecule has 4 aromatic rings. The maximum absolute atomic E-state index is 12.8. The summed E-state index contributed by atoms with van der Waals surface area (Å²) >= 11 is 0. The number of fused-ring (bicyclic) bond motifs is 2. The molecule has 0 saturated heterocycles. The van der Waals surface area contributed by atoms with Crippen LogP contribution < -0.4 is 9.47 Å². The first-order valence-electron chi connectivity index (χ1n) is 10.6. The summed E-state index contributed by atoms with van der Waals surface area (Å²) in [5.74, 6) is 0.716. The molecule has 0 radical (unpaired) electrons. The second kappa shape index (κ2) is 8.46. The largest absolute Gasteiger partial charge is 0.456 e. The molecule has 0 unspecified atom stereocenters. The van der Waals surface area contributed by atoms with Crippen LogP contribution >= 0.6 is 0 Å². The maximum atomic E-state index is 12.8. The highest BCUT2D eigenvalue weighted by molar-refractivity contribution is 5.99. The molecular weight excluding hydrogens is 422 g/mol. The minimum atomic E-state index is -0.509. The zero-order valence-corrected chi connectivity index (χ0v) is 18.4. The summed E-state index contributed by atoms with van der Waals surface area (Å²) in [7, 11) is 0. The number of rotatable bonds is 7. The van der Waals surface area contributed by atoms with Crippen molar-refractivity contribution in [1.29, 1.82) is 0 Å². The number of nitrogens with zero attached hydrogens (tertiary/aromatic N) is 3. The Morgan fingerprint density at radius 2 is 1.88 bits per heavy atom. The topological polar surface area (TPSA) is 84.6 Å². The molecule has 2 aromatic carbocycles. The van der Waals surface area contributed by atoms with Gasteiger partial charge in [0.15, 0.2) is 18.1 Å². The molecule has 8 heteroatoms. The van der Waals surface area contributed by atoms with Crippen molar-refractivity contribution >= 4 is 22.7 Å². The van der Waals surface area contributed by atoms with Gasteiger partial charge in [-0.2, -0.15) is 5.10 Å². The third kappa shape index (κ3) is 4.19. The Morgan fingerprint density at radius 3 is 2.73 bits per heavy atom. The molecule has 33 heavy (non-hydrogen) atoms. The summed E-state index contributed by atoms with van der Waals surface area (Å²) in [4.78, 5) is 25.0. The highest BCUT2D eigenvalue weighted by Gasteiger charge is 2.19. The fourth-order valence-electron chi connectivity index (χ4n) is 4.05. The number of carbonyl (C=O) groups is 2. The Balaban J connectivity index is 1.23. The summed E-state index contributed by atoms with van der Waals surface area (Å²) in [5, 5.41) is 5.28. The SMILES string of the molecule is Cc1cc(C(=O)COC(=O)Cn2cc3ccccc3n2)c(C)n1Cc1ccc2c(c1)OCO2. The number of esters is 1. The van der Waals surface area contributed by atoms with Crippen LogP contribution in [-0.4, -0.2) is 39.5 Å². The quantitative estimate of drug-likeness (QED) is 0.319. The molecule has 168 valence electrons. The number of ether oxygens (including phenoxy) is 3. The van der Waals surface area contributed by atoms with E-state index in [2.05, 4.69) is 9.67 Å². The Hall–Kier alpha value is -4.07. The second-order valence-corrected chi connectivity index (χ2v) is 8.03. The van der Waals surface area contributed by atoms with Crippen LogP contribution in [0.5, 0.6) is 11.5 Å². The van der Waals surface area contributed by atoms with E-state index in [-0.39, 0.29) is 25.7 Å². The smallest absolute Gasteiger partial charge is 0.328 e. The van der Waals surface area contributed by atoms with E-state index in [4.69, 9.17) is 14.2 Å². The third-order valence-electron chi connectivity index (χ3n) is 5.77. The number of benzene rings is 2. The monoisotopic (exact) mass is 445 g/mol. The van der Waals surface area contributed by atoms with Gasteiger partial charge >= 0.3 is 5.97 Å². The second-order valence-electron chi connectivity index (χ2n) is 8.03. The van der Waals surface area contributed by atoms with Gasteiger partial charge in [0.1, 0.15) is 6.54 Å². The summed E-state index contributed by atoms with van der Waals surface area (Å²) < 4.78 is 19.6. The van der Waals surface area contributed by atoms with E-state index in [0.717, 1.165) is 39.4 Å². The molecule has 0 N–H and O–H groups in total. The normalized spacial score (nSPS) is 12.3. The molecule has 0 spiro atoms. The zero-order valence-electron chi connectivity index (χ0n) is 18.4. The van der Waals surface area contributed by atoms with Crippen LogP contribution in [0.1, 0.15) is 27.3 Å². The maximum Gasteiger partial charge on any atom is 0.328 e. The fraction of sp³-hybridized carbons (Fsp3) is 0.240. The van der Waals surface area contributed by atoms with Gasteiger partial charge in [-0.15, -0.1) is 0 Å². The number of carbonyl (C=O) groups excluding carboxylic acids is 2. The van der Waals surface area contributed by atoms with Crippen molar-refractivity contribution in [2.45, 2.75) is 26.9 Å². The van der Waals surface area contributed by atoms with Crippen LogP contribution in [0.15, 0.2) is 54.7 Å². The van der Waals surface area contributed by atoms with Crippen LogP contribution in [-0.2, 0) is 22.6 Å². The molecule has 8 nitrogen and oxygen atoms in total. The summed E-state index contributed by atoms with van der Waals surface area (Å²) in [6.07, 6.45) is 1.78. The first-order valence-corrected chi connectivity index (χ1v) is 10.6. The Bertz CT molecular complexity index is 1330. The number of ketones is 1. The number of aromatic nitrogens is 3. The number of aryl methyl sites for hydroxylation is 1. The predicted octanol–water partition coefficient (Wildman–Crippen LogP) is 3.66. The van der Waals surface area contributed by atoms with E-state index in [1.165, 1.54) is 4.68 Å².